The van der Waals surface area contributed by atoms with E-state index in [0.29, 0.717) is 34.8 Å². The van der Waals surface area contributed by atoms with E-state index in [0.717, 1.165) is 24.0 Å². The van der Waals surface area contributed by atoms with Crippen molar-refractivity contribution in [3.8, 4) is 0 Å². The van der Waals surface area contributed by atoms with Crippen molar-refractivity contribution in [2.75, 3.05) is 13.1 Å². The van der Waals surface area contributed by atoms with Crippen molar-refractivity contribution in [1.82, 2.24) is 4.31 Å². The molecular formula is C15H20N2O2S2. The molecule has 2 unspecified atom stereocenters. The van der Waals surface area contributed by atoms with E-state index in [-0.39, 0.29) is 0 Å². The fourth-order valence-corrected chi connectivity index (χ4v) is 5.48. The Hall–Kier alpha value is -0.980. The van der Waals surface area contributed by atoms with Gasteiger partial charge in [0, 0.05) is 18.7 Å². The number of hydrogen-bond acceptors (Lipinski definition) is 3. The Bertz CT molecular complexity index is 673. The van der Waals surface area contributed by atoms with Gasteiger partial charge in [0.25, 0.3) is 0 Å². The zero-order valence-electron chi connectivity index (χ0n) is 12.1. The third kappa shape index (κ3) is 2.60. The van der Waals surface area contributed by atoms with Gasteiger partial charge in [0.1, 0.15) is 4.99 Å². The van der Waals surface area contributed by atoms with E-state index in [1.165, 1.54) is 6.42 Å². The largest absolute Gasteiger partial charge is 0.389 e. The molecule has 4 nitrogen and oxygen atoms in total. The lowest BCUT2D eigenvalue weighted by molar-refractivity contribution is 0.445. The smallest absolute Gasteiger partial charge is 0.243 e. The van der Waals surface area contributed by atoms with Gasteiger partial charge >= 0.3 is 0 Å². The molecule has 2 atom stereocenters. The Morgan fingerprint density at radius 2 is 1.90 bits per heavy atom. The zero-order chi connectivity index (χ0) is 15.2. The van der Waals surface area contributed by atoms with Gasteiger partial charge in [-0.3, -0.25) is 0 Å². The summed E-state index contributed by atoms with van der Waals surface area (Å²) < 4.78 is 27.2. The first kappa shape index (κ1) is 14.9. The highest BCUT2D eigenvalue weighted by molar-refractivity contribution is 7.89. The molecule has 114 valence electrons. The lowest BCUT2D eigenvalue weighted by Gasteiger charge is -2.18. The van der Waals surface area contributed by atoms with Crippen molar-refractivity contribution in [2.45, 2.75) is 31.1 Å². The molecule has 0 bridgehead atoms. The van der Waals surface area contributed by atoms with Crippen molar-refractivity contribution in [3.05, 3.63) is 29.3 Å². The minimum atomic E-state index is -3.40. The fraction of sp³-hybridized carbons (Fsp3) is 0.533. The topological polar surface area (TPSA) is 63.4 Å². The van der Waals surface area contributed by atoms with Crippen LogP contribution in [0.3, 0.4) is 0 Å². The van der Waals surface area contributed by atoms with Gasteiger partial charge < -0.3 is 5.73 Å². The number of sulfonamides is 1. The predicted octanol–water partition coefficient (Wildman–Crippen LogP) is 2.05. The number of aryl methyl sites for hydroxylation is 1. The average Bonchev–Trinajstić information content (AvgIpc) is 2.98. The molecule has 1 aliphatic heterocycles. The van der Waals surface area contributed by atoms with Crippen LogP contribution >= 0.6 is 12.2 Å². The van der Waals surface area contributed by atoms with E-state index in [1.54, 1.807) is 22.5 Å². The monoisotopic (exact) mass is 324 g/mol. The van der Waals surface area contributed by atoms with E-state index in [9.17, 15) is 8.42 Å². The first-order valence-corrected chi connectivity index (χ1v) is 9.15. The van der Waals surface area contributed by atoms with Crippen LogP contribution in [0.2, 0.25) is 0 Å². The summed E-state index contributed by atoms with van der Waals surface area (Å²) in [6.45, 7) is 3.18. The first-order valence-electron chi connectivity index (χ1n) is 7.30. The second-order valence-electron chi connectivity index (χ2n) is 6.11. The highest BCUT2D eigenvalue weighted by atomic mass is 32.2. The molecule has 1 aromatic rings. The molecular weight excluding hydrogens is 304 g/mol. The fourth-order valence-electron chi connectivity index (χ4n) is 3.61. The summed E-state index contributed by atoms with van der Waals surface area (Å²) in [5, 5.41) is 0. The molecule has 21 heavy (non-hydrogen) atoms. The summed E-state index contributed by atoms with van der Waals surface area (Å²) in [7, 11) is -3.40. The van der Waals surface area contributed by atoms with Crippen LogP contribution in [-0.2, 0) is 10.0 Å². The Kier molecular flexibility index (Phi) is 3.80. The molecule has 2 aliphatic rings. The van der Waals surface area contributed by atoms with Gasteiger partial charge in [-0.2, -0.15) is 4.31 Å². The summed E-state index contributed by atoms with van der Waals surface area (Å²) >= 11 is 4.97. The van der Waals surface area contributed by atoms with Crippen LogP contribution in [0.4, 0.5) is 0 Å². The maximum absolute atomic E-state index is 12.8. The normalized spacial score (nSPS) is 26.0. The van der Waals surface area contributed by atoms with Crippen molar-refractivity contribution in [3.63, 3.8) is 0 Å². The highest BCUT2D eigenvalue weighted by Crippen LogP contribution is 2.39. The minimum absolute atomic E-state index is 0.298. The zero-order valence-corrected chi connectivity index (χ0v) is 13.7. The number of fused-ring (bicyclic) bond motifs is 1. The number of benzene rings is 1. The third-order valence-electron chi connectivity index (χ3n) is 4.79. The van der Waals surface area contributed by atoms with E-state index < -0.39 is 10.0 Å². The summed E-state index contributed by atoms with van der Waals surface area (Å²) in [5.74, 6) is 1.11. The maximum atomic E-state index is 12.8. The summed E-state index contributed by atoms with van der Waals surface area (Å²) in [4.78, 5) is 0.645. The Morgan fingerprint density at radius 3 is 2.43 bits per heavy atom. The Balaban J connectivity index is 1.89. The lowest BCUT2D eigenvalue weighted by atomic mass is 10.0. The van der Waals surface area contributed by atoms with Crippen LogP contribution in [0.5, 0.6) is 0 Å². The summed E-state index contributed by atoms with van der Waals surface area (Å²) in [6.07, 6.45) is 3.57. The molecule has 1 aliphatic carbocycles. The molecule has 0 amide bonds. The number of nitrogens with zero attached hydrogens (tertiary/aromatic N) is 1. The van der Waals surface area contributed by atoms with Gasteiger partial charge in [-0.05, 0) is 49.3 Å². The lowest BCUT2D eigenvalue weighted by Crippen LogP contribution is -2.29. The molecule has 1 saturated heterocycles. The molecule has 2 fully saturated rings. The predicted molar refractivity (Wildman–Crippen MR) is 86.7 cm³/mol. The molecule has 2 N–H and O–H groups in total. The van der Waals surface area contributed by atoms with Crippen LogP contribution in [0.15, 0.2) is 23.1 Å². The molecule has 0 spiro atoms. The van der Waals surface area contributed by atoms with Crippen LogP contribution in [0.25, 0.3) is 0 Å². The molecule has 6 heteroatoms. The van der Waals surface area contributed by atoms with Crippen LogP contribution in [0, 0.1) is 18.8 Å². The van der Waals surface area contributed by atoms with Crippen LogP contribution in [0.1, 0.15) is 30.4 Å². The molecule has 1 aromatic carbocycles. The highest BCUT2D eigenvalue weighted by Gasteiger charge is 2.41. The van der Waals surface area contributed by atoms with Crippen LogP contribution in [-0.4, -0.2) is 30.8 Å². The van der Waals surface area contributed by atoms with Crippen molar-refractivity contribution >= 4 is 27.2 Å². The average molecular weight is 324 g/mol. The number of nitrogens with two attached hydrogens (primary N) is 1. The van der Waals surface area contributed by atoms with Crippen molar-refractivity contribution < 1.29 is 8.42 Å². The van der Waals surface area contributed by atoms with E-state index in [2.05, 4.69) is 0 Å². The standard InChI is InChI=1S/C15H20N2O2S2/c1-10-7-13(5-6-14(10)15(16)20)21(18,19)17-8-11-3-2-4-12(11)9-17/h5-7,11-12H,2-4,8-9H2,1H3,(H2,16,20). The van der Waals surface area contributed by atoms with Gasteiger partial charge in [-0.25, -0.2) is 8.42 Å². The molecule has 1 heterocycles. The van der Waals surface area contributed by atoms with Gasteiger partial charge in [0.15, 0.2) is 0 Å². The number of rotatable bonds is 3. The second-order valence-corrected chi connectivity index (χ2v) is 8.49. The van der Waals surface area contributed by atoms with Crippen molar-refractivity contribution in [2.24, 2.45) is 17.6 Å². The Labute approximate surface area is 131 Å². The number of thiocarbonyl (C=S) groups is 1. The number of hydrogen-bond donors (Lipinski definition) is 1. The minimum Gasteiger partial charge on any atom is -0.389 e. The molecule has 1 saturated carbocycles. The molecule has 3 rings (SSSR count). The molecule has 0 radical (unpaired) electrons. The molecule has 0 aromatic heterocycles. The van der Waals surface area contributed by atoms with E-state index in [4.69, 9.17) is 18.0 Å². The van der Waals surface area contributed by atoms with Gasteiger partial charge in [-0.1, -0.05) is 24.7 Å². The van der Waals surface area contributed by atoms with E-state index in [1.807, 2.05) is 6.92 Å². The summed E-state index contributed by atoms with van der Waals surface area (Å²) in [5.41, 5.74) is 7.18. The van der Waals surface area contributed by atoms with Gasteiger partial charge in [-0.15, -0.1) is 0 Å². The van der Waals surface area contributed by atoms with Crippen molar-refractivity contribution in [1.29, 1.82) is 0 Å². The Morgan fingerprint density at radius 1 is 1.29 bits per heavy atom. The first-order chi connectivity index (χ1) is 9.89. The van der Waals surface area contributed by atoms with Crippen LogP contribution < -0.4 is 5.73 Å². The quantitative estimate of drug-likeness (QED) is 0.864. The maximum Gasteiger partial charge on any atom is 0.243 e. The second kappa shape index (κ2) is 5.34. The van der Waals surface area contributed by atoms with Gasteiger partial charge in [0.2, 0.25) is 10.0 Å². The van der Waals surface area contributed by atoms with E-state index >= 15 is 0 Å². The van der Waals surface area contributed by atoms with Gasteiger partial charge in [0.05, 0.1) is 4.90 Å². The third-order valence-corrected chi connectivity index (χ3v) is 6.84. The summed E-state index contributed by atoms with van der Waals surface area (Å²) in [6, 6.07) is 5.00. The SMILES string of the molecule is Cc1cc(S(=O)(=O)N2CC3CCCC3C2)ccc1C(N)=S.